The molecule has 0 spiro atoms. The maximum atomic E-state index is 12.6. The van der Waals surface area contributed by atoms with Crippen LogP contribution in [0, 0.1) is 10.1 Å². The van der Waals surface area contributed by atoms with Crippen molar-refractivity contribution >= 4 is 17.8 Å². The van der Waals surface area contributed by atoms with Crippen LogP contribution in [0.1, 0.15) is 19.4 Å². The number of hydrogen-bond donors (Lipinski definition) is 0. The van der Waals surface area contributed by atoms with Crippen molar-refractivity contribution in [3.05, 3.63) is 74.2 Å². The van der Waals surface area contributed by atoms with E-state index < -0.39 is 10.5 Å². The van der Waals surface area contributed by atoms with Gasteiger partial charge in [0.2, 0.25) is 6.41 Å². The van der Waals surface area contributed by atoms with Crippen LogP contribution in [0.5, 0.6) is 5.75 Å². The molecular weight excluding hydrogens is 366 g/mol. The van der Waals surface area contributed by atoms with Crippen molar-refractivity contribution in [1.82, 2.24) is 9.63 Å². The van der Waals surface area contributed by atoms with Gasteiger partial charge >= 0.3 is 0 Å². The lowest BCUT2D eigenvalue weighted by Crippen LogP contribution is -2.42. The van der Waals surface area contributed by atoms with Gasteiger partial charge in [0.1, 0.15) is 11.4 Å². The fourth-order valence-corrected chi connectivity index (χ4v) is 3.14. The number of hydrogen-bond acceptors (Lipinski definition) is 6. The highest BCUT2D eigenvalue weighted by Gasteiger charge is 2.37. The highest BCUT2D eigenvalue weighted by atomic mass is 16.7. The third-order valence-corrected chi connectivity index (χ3v) is 4.54. The number of fused-ring (bicyclic) bond motifs is 1. The van der Waals surface area contributed by atoms with E-state index >= 15 is 0 Å². The van der Waals surface area contributed by atoms with E-state index in [1.807, 2.05) is 0 Å². The number of carbonyl (C=O) groups excluding carboxylic acids is 1. The molecule has 28 heavy (non-hydrogen) atoms. The standard InChI is InChI=1S/C19H19N3O6/c1-19(2)15(11-20(12-23)27-3)18(21-9-5-4-6-17(21)24)14-10-13(22(25)26)7-8-16(14)28-19/h4-10,12H,11H2,1-3H3. The molecule has 0 radical (unpaired) electrons. The van der Waals surface area contributed by atoms with Gasteiger partial charge in [0.05, 0.1) is 24.3 Å². The van der Waals surface area contributed by atoms with Crippen LogP contribution >= 0.6 is 0 Å². The van der Waals surface area contributed by atoms with E-state index in [-0.39, 0.29) is 17.8 Å². The monoisotopic (exact) mass is 385 g/mol. The van der Waals surface area contributed by atoms with Gasteiger partial charge in [-0.25, -0.2) is 5.06 Å². The van der Waals surface area contributed by atoms with Crippen molar-refractivity contribution in [1.29, 1.82) is 0 Å². The van der Waals surface area contributed by atoms with Crippen LogP contribution in [0.4, 0.5) is 5.69 Å². The Morgan fingerprint density at radius 1 is 1.32 bits per heavy atom. The lowest BCUT2D eigenvalue weighted by Gasteiger charge is -2.38. The van der Waals surface area contributed by atoms with Crippen molar-refractivity contribution in [2.45, 2.75) is 19.4 Å². The van der Waals surface area contributed by atoms with Crippen LogP contribution in [0.25, 0.3) is 5.70 Å². The van der Waals surface area contributed by atoms with E-state index in [0.717, 1.165) is 5.06 Å². The number of carbonyl (C=O) groups is 1. The summed E-state index contributed by atoms with van der Waals surface area (Å²) in [5.74, 6) is 0.403. The Balaban J connectivity index is 2.37. The molecule has 2 aromatic rings. The van der Waals surface area contributed by atoms with Gasteiger partial charge in [0.25, 0.3) is 11.2 Å². The number of nitrogens with zero attached hydrogens (tertiary/aromatic N) is 3. The maximum absolute atomic E-state index is 12.6. The predicted molar refractivity (Wildman–Crippen MR) is 101 cm³/mol. The minimum Gasteiger partial charge on any atom is -0.483 e. The maximum Gasteiger partial charge on any atom is 0.270 e. The molecule has 1 amide bonds. The first-order valence-corrected chi connectivity index (χ1v) is 8.44. The van der Waals surface area contributed by atoms with Crippen LogP contribution in [0.15, 0.2) is 53.0 Å². The number of rotatable bonds is 6. The molecule has 1 aliphatic heterocycles. The molecular formula is C19H19N3O6. The van der Waals surface area contributed by atoms with E-state index in [9.17, 15) is 19.7 Å². The summed E-state index contributed by atoms with van der Waals surface area (Å²) in [7, 11) is 1.35. The molecule has 1 aromatic carbocycles. The summed E-state index contributed by atoms with van der Waals surface area (Å²) in [4.78, 5) is 39.7. The molecule has 0 saturated heterocycles. The van der Waals surface area contributed by atoms with E-state index in [0.29, 0.717) is 29.0 Å². The average Bonchev–Trinajstić information content (AvgIpc) is 2.66. The molecule has 0 atom stereocenters. The van der Waals surface area contributed by atoms with Gasteiger partial charge in [-0.15, -0.1) is 0 Å². The van der Waals surface area contributed by atoms with Gasteiger partial charge in [0, 0.05) is 35.5 Å². The number of ether oxygens (including phenoxy) is 1. The summed E-state index contributed by atoms with van der Waals surface area (Å²) in [5, 5.41) is 12.3. The van der Waals surface area contributed by atoms with Crippen molar-refractivity contribution in [2.24, 2.45) is 0 Å². The first kappa shape index (κ1) is 19.3. The van der Waals surface area contributed by atoms with Gasteiger partial charge < -0.3 is 4.74 Å². The number of nitro benzene ring substituents is 1. The predicted octanol–water partition coefficient (Wildman–Crippen LogP) is 2.21. The number of pyridine rings is 1. The quantitative estimate of drug-likeness (QED) is 0.429. The first-order chi connectivity index (χ1) is 13.3. The van der Waals surface area contributed by atoms with Crippen LogP contribution in [0.3, 0.4) is 0 Å². The molecule has 0 bridgehead atoms. The van der Waals surface area contributed by atoms with E-state index in [1.54, 1.807) is 32.2 Å². The van der Waals surface area contributed by atoms with Gasteiger partial charge in [0.15, 0.2) is 0 Å². The number of aromatic nitrogens is 1. The molecule has 1 aliphatic rings. The second-order valence-corrected chi connectivity index (χ2v) is 6.65. The molecule has 146 valence electrons. The molecule has 2 heterocycles. The highest BCUT2D eigenvalue weighted by Crippen LogP contribution is 2.42. The molecule has 0 N–H and O–H groups in total. The summed E-state index contributed by atoms with van der Waals surface area (Å²) in [6.07, 6.45) is 2.08. The van der Waals surface area contributed by atoms with Gasteiger partial charge in [-0.2, -0.15) is 0 Å². The molecule has 0 fully saturated rings. The average molecular weight is 385 g/mol. The molecule has 0 aliphatic carbocycles. The van der Waals surface area contributed by atoms with Gasteiger partial charge in [-0.3, -0.25) is 29.1 Å². The zero-order chi connectivity index (χ0) is 20.5. The summed E-state index contributed by atoms with van der Waals surface area (Å²) in [6, 6.07) is 8.88. The summed E-state index contributed by atoms with van der Waals surface area (Å²) >= 11 is 0. The fourth-order valence-electron chi connectivity index (χ4n) is 3.14. The third-order valence-electron chi connectivity index (χ3n) is 4.54. The molecule has 0 saturated carbocycles. The topological polar surface area (TPSA) is 104 Å². The van der Waals surface area contributed by atoms with E-state index in [1.165, 1.54) is 35.9 Å². The van der Waals surface area contributed by atoms with Crippen LogP contribution in [-0.4, -0.2) is 40.2 Å². The number of hydroxylamine groups is 2. The van der Waals surface area contributed by atoms with Crippen LogP contribution in [-0.2, 0) is 9.63 Å². The molecule has 1 aromatic heterocycles. The number of nitro groups is 1. The second kappa shape index (κ2) is 7.28. The highest BCUT2D eigenvalue weighted by molar-refractivity contribution is 5.78. The third kappa shape index (κ3) is 3.39. The summed E-state index contributed by atoms with van der Waals surface area (Å²) in [6.45, 7) is 3.59. The van der Waals surface area contributed by atoms with E-state index in [2.05, 4.69) is 0 Å². The second-order valence-electron chi connectivity index (χ2n) is 6.65. The Morgan fingerprint density at radius 2 is 2.07 bits per heavy atom. The molecule has 9 nitrogen and oxygen atoms in total. The van der Waals surface area contributed by atoms with E-state index in [4.69, 9.17) is 9.57 Å². The zero-order valence-electron chi connectivity index (χ0n) is 15.6. The van der Waals surface area contributed by atoms with Crippen LogP contribution in [0.2, 0.25) is 0 Å². The minimum atomic E-state index is -0.909. The smallest absolute Gasteiger partial charge is 0.270 e. The summed E-state index contributed by atoms with van der Waals surface area (Å²) in [5.41, 5.74) is 0.00106. The fraction of sp³-hybridized carbons (Fsp3) is 0.263. The van der Waals surface area contributed by atoms with Gasteiger partial charge in [-0.05, 0) is 26.0 Å². The number of benzene rings is 1. The zero-order valence-corrected chi connectivity index (χ0v) is 15.6. The molecule has 9 heteroatoms. The largest absolute Gasteiger partial charge is 0.483 e. The molecule has 0 unspecified atom stereocenters. The Bertz CT molecular complexity index is 1020. The Hall–Kier alpha value is -3.46. The van der Waals surface area contributed by atoms with Crippen molar-refractivity contribution in [3.8, 4) is 5.75 Å². The number of amides is 1. The number of non-ortho nitro benzene ring substituents is 1. The Morgan fingerprint density at radius 3 is 2.68 bits per heavy atom. The SMILES string of the molecule is CON(C=O)CC1=C(n2ccccc2=O)c2cc([N+](=O)[O-])ccc2OC1(C)C. The van der Waals surface area contributed by atoms with Crippen molar-refractivity contribution < 1.29 is 19.3 Å². The van der Waals surface area contributed by atoms with Crippen LogP contribution < -0.4 is 10.3 Å². The normalized spacial score (nSPS) is 14.8. The Labute approximate surface area is 160 Å². The Kier molecular flexibility index (Phi) is 5.02. The minimum absolute atomic E-state index is 0.00575. The van der Waals surface area contributed by atoms with Gasteiger partial charge in [-0.1, -0.05) is 6.07 Å². The lowest BCUT2D eigenvalue weighted by molar-refractivity contribution is -0.384. The molecule has 3 rings (SSSR count). The first-order valence-electron chi connectivity index (χ1n) is 8.44. The van der Waals surface area contributed by atoms with Crippen molar-refractivity contribution in [2.75, 3.05) is 13.7 Å². The summed E-state index contributed by atoms with van der Waals surface area (Å²) < 4.78 is 7.44. The van der Waals surface area contributed by atoms with Crippen molar-refractivity contribution in [3.63, 3.8) is 0 Å². The lowest BCUT2D eigenvalue weighted by atomic mass is 9.89.